The van der Waals surface area contributed by atoms with Gasteiger partial charge in [0.25, 0.3) is 0 Å². The van der Waals surface area contributed by atoms with Crippen LogP contribution in [-0.2, 0) is 11.3 Å². The van der Waals surface area contributed by atoms with Crippen molar-refractivity contribution in [3.8, 4) is 0 Å². The molecule has 2 fully saturated rings. The Kier molecular flexibility index (Phi) is 9.04. The molecule has 1 aromatic carbocycles. The topological polar surface area (TPSA) is 84.3 Å². The van der Waals surface area contributed by atoms with Gasteiger partial charge >= 0.3 is 0 Å². The molecule has 7 heteroatoms. The zero-order valence-electron chi connectivity index (χ0n) is 21.7. The minimum Gasteiger partial charge on any atom is -0.357 e. The van der Waals surface area contributed by atoms with Crippen molar-refractivity contribution in [3.63, 3.8) is 0 Å². The van der Waals surface area contributed by atoms with E-state index < -0.39 is 0 Å². The number of anilines is 1. The van der Waals surface area contributed by atoms with Crippen LogP contribution in [0.25, 0.3) is 6.08 Å². The largest absolute Gasteiger partial charge is 0.357 e. The molecule has 2 aromatic rings. The van der Waals surface area contributed by atoms with Gasteiger partial charge in [-0.3, -0.25) is 19.6 Å². The Balaban J connectivity index is 1.37. The third-order valence-corrected chi connectivity index (χ3v) is 7.36. The molecule has 0 radical (unpaired) electrons. The van der Waals surface area contributed by atoms with E-state index >= 15 is 0 Å². The maximum atomic E-state index is 12.5. The van der Waals surface area contributed by atoms with Gasteiger partial charge in [0.1, 0.15) is 0 Å². The molecule has 0 bridgehead atoms. The predicted octanol–water partition coefficient (Wildman–Crippen LogP) is 4.77. The van der Waals surface area contributed by atoms with Crippen molar-refractivity contribution in [1.82, 2.24) is 20.1 Å². The van der Waals surface area contributed by atoms with E-state index in [9.17, 15) is 4.79 Å². The van der Waals surface area contributed by atoms with Gasteiger partial charge in [0.2, 0.25) is 5.91 Å². The van der Waals surface area contributed by atoms with Crippen LogP contribution in [0.4, 0.5) is 5.69 Å². The van der Waals surface area contributed by atoms with E-state index in [4.69, 9.17) is 5.41 Å². The number of carbonyl (C=O) groups excluding carboxylic acids is 1. The quantitative estimate of drug-likeness (QED) is 0.411. The second-order valence-electron chi connectivity index (χ2n) is 10.0. The first kappa shape index (κ1) is 26.5. The number of nitrogens with one attached hydrogen (secondary N) is 3. The number of hydrogen-bond donors (Lipinski definition) is 3. The molecule has 194 valence electrons. The number of rotatable bonds is 10. The summed E-state index contributed by atoms with van der Waals surface area (Å²) in [6.45, 7) is 11.4. The standard InChI is InChI=1S/C30H38N6O/c1-4-23-8-9-25(18-26(23)20-35(3)29-10-7-22(2)33-30(29)37)24-12-16-36(17-13-24)21-28(11-14-31)34-27-6-5-15-32-19-27/h4-6,8-9,11,14-15,18-19,24,29,31,34H,1-2,7,10,12-13,16-17,20-21H2,3H3,(H,33,37)/b28-11-,31-14?. The van der Waals surface area contributed by atoms with E-state index in [0.717, 1.165) is 68.0 Å². The number of aromatic nitrogens is 1. The molecule has 4 rings (SSSR count). The monoisotopic (exact) mass is 498 g/mol. The molecular weight excluding hydrogens is 460 g/mol. The Hall–Kier alpha value is -3.55. The number of allylic oxidation sites excluding steroid dienone is 2. The molecule has 1 amide bonds. The molecule has 3 N–H and O–H groups in total. The number of likely N-dealkylation sites (tertiary alicyclic amines) is 1. The van der Waals surface area contributed by atoms with Crippen LogP contribution in [0.1, 0.15) is 48.3 Å². The van der Waals surface area contributed by atoms with E-state index in [0.29, 0.717) is 12.5 Å². The lowest BCUT2D eigenvalue weighted by atomic mass is 9.87. The molecule has 7 nitrogen and oxygen atoms in total. The summed E-state index contributed by atoms with van der Waals surface area (Å²) in [5, 5.41) is 13.8. The number of hydrogen-bond acceptors (Lipinski definition) is 6. The van der Waals surface area contributed by atoms with Crippen LogP contribution in [0.3, 0.4) is 0 Å². The number of benzene rings is 1. The fourth-order valence-electron chi connectivity index (χ4n) is 5.30. The molecule has 1 atom stereocenters. The summed E-state index contributed by atoms with van der Waals surface area (Å²) >= 11 is 0. The fraction of sp³-hybridized carbons (Fsp3) is 0.367. The average Bonchev–Trinajstić information content (AvgIpc) is 2.90. The van der Waals surface area contributed by atoms with Gasteiger partial charge in [0.05, 0.1) is 17.9 Å². The Morgan fingerprint density at radius 3 is 2.78 bits per heavy atom. The van der Waals surface area contributed by atoms with Gasteiger partial charge in [-0.15, -0.1) is 0 Å². The number of carbonyl (C=O) groups is 1. The maximum absolute atomic E-state index is 12.5. The minimum absolute atomic E-state index is 0.0388. The van der Waals surface area contributed by atoms with Crippen molar-refractivity contribution >= 4 is 23.9 Å². The predicted molar refractivity (Wildman–Crippen MR) is 151 cm³/mol. The lowest BCUT2D eigenvalue weighted by molar-refractivity contribution is -0.126. The number of pyridine rings is 1. The number of likely N-dealkylation sites (N-methyl/N-ethyl adjacent to an activating group) is 1. The third-order valence-electron chi connectivity index (χ3n) is 7.36. The first-order valence-corrected chi connectivity index (χ1v) is 13.0. The Labute approximate surface area is 220 Å². The highest BCUT2D eigenvalue weighted by atomic mass is 16.2. The first-order valence-electron chi connectivity index (χ1n) is 13.0. The smallest absolute Gasteiger partial charge is 0.241 e. The Morgan fingerprint density at radius 1 is 1.30 bits per heavy atom. The average molecular weight is 499 g/mol. The van der Waals surface area contributed by atoms with Gasteiger partial charge in [-0.05, 0) is 86.6 Å². The van der Waals surface area contributed by atoms with E-state index in [2.05, 4.69) is 56.8 Å². The molecule has 0 aliphatic carbocycles. The molecule has 2 aliphatic heterocycles. The van der Waals surface area contributed by atoms with Gasteiger partial charge in [0.15, 0.2) is 0 Å². The first-order chi connectivity index (χ1) is 18.0. The van der Waals surface area contributed by atoms with Crippen LogP contribution < -0.4 is 10.6 Å². The molecule has 2 aliphatic rings. The fourth-order valence-corrected chi connectivity index (χ4v) is 5.30. The van der Waals surface area contributed by atoms with Crippen LogP contribution >= 0.6 is 0 Å². The van der Waals surface area contributed by atoms with Crippen LogP contribution in [0, 0.1) is 5.41 Å². The molecule has 3 heterocycles. The summed E-state index contributed by atoms with van der Waals surface area (Å²) in [6, 6.07) is 10.5. The number of amides is 1. The van der Waals surface area contributed by atoms with Crippen molar-refractivity contribution in [3.05, 3.63) is 90.0 Å². The molecule has 0 saturated carbocycles. The van der Waals surface area contributed by atoms with E-state index in [-0.39, 0.29) is 11.9 Å². The van der Waals surface area contributed by atoms with E-state index in [1.165, 1.54) is 17.3 Å². The molecule has 2 saturated heterocycles. The zero-order chi connectivity index (χ0) is 26.2. The Bertz CT molecular complexity index is 1150. The molecule has 0 spiro atoms. The highest BCUT2D eigenvalue weighted by Gasteiger charge is 2.28. The summed E-state index contributed by atoms with van der Waals surface area (Å²) in [6.07, 6.45) is 12.4. The van der Waals surface area contributed by atoms with Gasteiger partial charge in [-0.2, -0.15) is 0 Å². The van der Waals surface area contributed by atoms with Gasteiger partial charge in [-0.25, -0.2) is 0 Å². The molecule has 1 unspecified atom stereocenters. The second-order valence-corrected chi connectivity index (χ2v) is 10.0. The highest BCUT2D eigenvalue weighted by molar-refractivity contribution is 5.84. The maximum Gasteiger partial charge on any atom is 0.241 e. The summed E-state index contributed by atoms with van der Waals surface area (Å²) in [4.78, 5) is 21.2. The van der Waals surface area contributed by atoms with Crippen LogP contribution in [-0.4, -0.2) is 59.6 Å². The van der Waals surface area contributed by atoms with Crippen molar-refractivity contribution in [2.24, 2.45) is 0 Å². The van der Waals surface area contributed by atoms with E-state index in [1.54, 1.807) is 12.4 Å². The highest BCUT2D eigenvalue weighted by Crippen LogP contribution is 2.31. The van der Waals surface area contributed by atoms with E-state index in [1.807, 2.05) is 31.3 Å². The summed E-state index contributed by atoms with van der Waals surface area (Å²) in [7, 11) is 2.02. The molecular formula is C30H38N6O. The lowest BCUT2D eigenvalue weighted by Crippen LogP contribution is -2.47. The molecule has 37 heavy (non-hydrogen) atoms. The summed E-state index contributed by atoms with van der Waals surface area (Å²) < 4.78 is 0. The van der Waals surface area contributed by atoms with Gasteiger partial charge in [-0.1, -0.05) is 37.4 Å². The van der Waals surface area contributed by atoms with Crippen molar-refractivity contribution in [2.45, 2.75) is 44.2 Å². The summed E-state index contributed by atoms with van der Waals surface area (Å²) in [5.41, 5.74) is 6.43. The zero-order valence-corrected chi connectivity index (χ0v) is 21.7. The van der Waals surface area contributed by atoms with Crippen LogP contribution in [0.5, 0.6) is 0 Å². The summed E-state index contributed by atoms with van der Waals surface area (Å²) in [5.74, 6) is 0.541. The second kappa shape index (κ2) is 12.6. The van der Waals surface area contributed by atoms with Gasteiger partial charge < -0.3 is 16.0 Å². The van der Waals surface area contributed by atoms with Crippen molar-refractivity contribution < 1.29 is 4.79 Å². The normalized spacial score (nSPS) is 19.5. The SMILES string of the molecule is C=Cc1ccc(C2CCN(C/C(=C/C=N)Nc3cccnc3)CC2)cc1CN(C)C1CCC(=C)NC1=O. The lowest BCUT2D eigenvalue weighted by Gasteiger charge is -2.34. The number of nitrogens with zero attached hydrogens (tertiary/aromatic N) is 3. The van der Waals surface area contributed by atoms with Crippen LogP contribution in [0.2, 0.25) is 0 Å². The number of piperidine rings is 2. The van der Waals surface area contributed by atoms with Gasteiger partial charge in [0, 0.05) is 36.9 Å². The van der Waals surface area contributed by atoms with Crippen molar-refractivity contribution in [2.75, 3.05) is 32.0 Å². The molecule has 1 aromatic heterocycles. The van der Waals surface area contributed by atoms with Crippen LogP contribution in [0.15, 0.2) is 73.4 Å². The van der Waals surface area contributed by atoms with Crippen molar-refractivity contribution in [1.29, 1.82) is 5.41 Å². The Morgan fingerprint density at radius 2 is 2.11 bits per heavy atom. The third kappa shape index (κ3) is 7.02. The minimum atomic E-state index is -0.140.